The second-order valence-electron chi connectivity index (χ2n) is 7.64. The van der Waals surface area contributed by atoms with Gasteiger partial charge in [0.05, 0.1) is 22.6 Å². The molecule has 4 rings (SSSR count). The highest BCUT2D eigenvalue weighted by Gasteiger charge is 2.37. The third-order valence-corrected chi connectivity index (χ3v) is 6.64. The van der Waals surface area contributed by atoms with Crippen LogP contribution in [0.3, 0.4) is 0 Å². The van der Waals surface area contributed by atoms with Gasteiger partial charge in [0, 0.05) is 13.1 Å². The van der Waals surface area contributed by atoms with Gasteiger partial charge in [-0.05, 0) is 60.5 Å². The minimum Gasteiger partial charge on any atom is -0.493 e. The van der Waals surface area contributed by atoms with Crippen LogP contribution in [-0.4, -0.2) is 59.6 Å². The zero-order valence-corrected chi connectivity index (χ0v) is 19.9. The van der Waals surface area contributed by atoms with Gasteiger partial charge in [-0.15, -0.1) is 0 Å². The predicted molar refractivity (Wildman–Crippen MR) is 128 cm³/mol. The van der Waals surface area contributed by atoms with Gasteiger partial charge in [0.25, 0.3) is 11.1 Å². The molecule has 8 nitrogen and oxygen atoms in total. The van der Waals surface area contributed by atoms with Gasteiger partial charge in [0.2, 0.25) is 5.91 Å². The fraction of sp³-hybridized carbons (Fsp3) is 0.250. The van der Waals surface area contributed by atoms with E-state index in [-0.39, 0.29) is 33.7 Å². The number of methoxy groups -OCH3 is 1. The molecule has 176 valence electrons. The van der Waals surface area contributed by atoms with E-state index in [2.05, 4.69) is 0 Å². The van der Waals surface area contributed by atoms with Crippen LogP contribution in [0.2, 0.25) is 5.02 Å². The minimum absolute atomic E-state index is 0.129. The molecule has 0 atom stereocenters. The molecular weight excluding hydrogens is 480 g/mol. The molecule has 0 saturated carbocycles. The number of rotatable bonds is 6. The van der Waals surface area contributed by atoms with Crippen LogP contribution in [0, 0.1) is 0 Å². The Hall–Kier alpha value is -3.30. The van der Waals surface area contributed by atoms with Crippen molar-refractivity contribution in [1.82, 2.24) is 9.80 Å². The van der Waals surface area contributed by atoms with Crippen LogP contribution in [0.15, 0.2) is 47.4 Å². The highest BCUT2D eigenvalue weighted by Crippen LogP contribution is 2.35. The summed E-state index contributed by atoms with van der Waals surface area (Å²) in [5.41, 5.74) is 0.708. The van der Waals surface area contributed by atoms with Crippen LogP contribution in [0.25, 0.3) is 6.08 Å². The first-order chi connectivity index (χ1) is 16.4. The number of nitrogens with zero attached hydrogens (tertiary/aromatic N) is 2. The lowest BCUT2D eigenvalue weighted by molar-refractivity contribution is -0.135. The Morgan fingerprint density at radius 1 is 1.09 bits per heavy atom. The number of benzene rings is 2. The molecule has 10 heteroatoms. The average molecular weight is 501 g/mol. The maximum Gasteiger partial charge on any atom is 0.345 e. The van der Waals surface area contributed by atoms with Crippen molar-refractivity contribution in [3.63, 3.8) is 0 Å². The molecule has 2 aromatic rings. The maximum absolute atomic E-state index is 12.8. The quantitative estimate of drug-likeness (QED) is 0.333. The second kappa shape index (κ2) is 10.3. The van der Waals surface area contributed by atoms with E-state index in [1.807, 2.05) is 0 Å². The summed E-state index contributed by atoms with van der Waals surface area (Å²) >= 11 is 6.84. The molecule has 2 saturated heterocycles. The maximum atomic E-state index is 12.8. The fourth-order valence-electron chi connectivity index (χ4n) is 3.63. The van der Waals surface area contributed by atoms with Crippen molar-refractivity contribution in [3.8, 4) is 11.5 Å². The summed E-state index contributed by atoms with van der Waals surface area (Å²) in [6.07, 6.45) is 3.36. The Morgan fingerprint density at radius 3 is 2.53 bits per heavy atom. The van der Waals surface area contributed by atoms with Crippen molar-refractivity contribution in [2.24, 2.45) is 0 Å². The summed E-state index contributed by atoms with van der Waals surface area (Å²) in [7, 11) is 1.44. The SMILES string of the molecule is COc1ccc(/C=C2\SC(=O)N(CC(=O)N3CCCC3)C2=O)cc1OC(=O)c1ccccc1Cl. The Morgan fingerprint density at radius 2 is 1.82 bits per heavy atom. The van der Waals surface area contributed by atoms with Crippen LogP contribution in [0.1, 0.15) is 28.8 Å². The summed E-state index contributed by atoms with van der Waals surface area (Å²) in [6, 6.07) is 11.3. The van der Waals surface area contributed by atoms with Gasteiger partial charge in [0.15, 0.2) is 11.5 Å². The zero-order valence-electron chi connectivity index (χ0n) is 18.3. The molecular formula is C24H21ClN2O6S. The topological polar surface area (TPSA) is 93.2 Å². The first-order valence-corrected chi connectivity index (χ1v) is 11.7. The standard InChI is InChI=1S/C24H21ClN2O6S/c1-32-18-9-8-15(12-19(18)33-23(30)16-6-2-3-7-17(16)25)13-20-22(29)27(24(31)34-20)14-21(28)26-10-4-5-11-26/h2-3,6-9,12-13H,4-5,10-11,14H2,1H3/b20-13-. The molecule has 0 aromatic heterocycles. The lowest BCUT2D eigenvalue weighted by atomic mass is 10.1. The first kappa shape index (κ1) is 23.8. The third kappa shape index (κ3) is 5.10. The molecule has 2 aliphatic heterocycles. The average Bonchev–Trinajstić information content (AvgIpc) is 3.45. The van der Waals surface area contributed by atoms with E-state index in [1.165, 1.54) is 19.3 Å². The Balaban J connectivity index is 1.53. The number of hydrogen-bond donors (Lipinski definition) is 0. The molecule has 0 aliphatic carbocycles. The molecule has 0 bridgehead atoms. The van der Waals surface area contributed by atoms with Gasteiger partial charge >= 0.3 is 5.97 Å². The normalized spacial score (nSPS) is 16.9. The van der Waals surface area contributed by atoms with Crippen molar-refractivity contribution in [3.05, 3.63) is 63.5 Å². The Kier molecular flexibility index (Phi) is 7.23. The molecule has 0 unspecified atom stereocenters. The van der Waals surface area contributed by atoms with Crippen LogP contribution < -0.4 is 9.47 Å². The second-order valence-corrected chi connectivity index (χ2v) is 9.04. The van der Waals surface area contributed by atoms with E-state index in [0.717, 1.165) is 29.5 Å². The highest BCUT2D eigenvalue weighted by atomic mass is 35.5. The number of carbonyl (C=O) groups is 4. The number of thioether (sulfide) groups is 1. The van der Waals surface area contributed by atoms with Crippen LogP contribution in [-0.2, 0) is 9.59 Å². The van der Waals surface area contributed by atoms with Crippen LogP contribution in [0.5, 0.6) is 11.5 Å². The van der Waals surface area contributed by atoms with Crippen molar-refractivity contribution in [2.75, 3.05) is 26.7 Å². The molecule has 0 N–H and O–H groups in total. The number of amides is 3. The zero-order chi connectivity index (χ0) is 24.2. The number of carbonyl (C=O) groups excluding carboxylic acids is 4. The number of halogens is 1. The first-order valence-electron chi connectivity index (χ1n) is 10.6. The van der Waals surface area contributed by atoms with E-state index < -0.39 is 17.1 Å². The van der Waals surface area contributed by atoms with Gasteiger partial charge in [-0.1, -0.05) is 29.8 Å². The molecule has 2 fully saturated rings. The minimum atomic E-state index is -0.665. The molecule has 0 radical (unpaired) electrons. The van der Waals surface area contributed by atoms with Gasteiger partial charge in [-0.2, -0.15) is 0 Å². The summed E-state index contributed by atoms with van der Waals surface area (Å²) in [6.45, 7) is 1.02. The Bertz CT molecular complexity index is 1190. The fourth-order valence-corrected chi connectivity index (χ4v) is 4.69. The molecule has 2 aromatic carbocycles. The Labute approximate surface area is 205 Å². The predicted octanol–water partition coefficient (Wildman–Crippen LogP) is 4.23. The van der Waals surface area contributed by atoms with Crippen molar-refractivity contribution in [2.45, 2.75) is 12.8 Å². The van der Waals surface area contributed by atoms with E-state index in [1.54, 1.807) is 41.3 Å². The summed E-state index contributed by atoms with van der Waals surface area (Å²) in [5, 5.41) is -0.248. The highest BCUT2D eigenvalue weighted by molar-refractivity contribution is 8.18. The summed E-state index contributed by atoms with van der Waals surface area (Å²) in [4.78, 5) is 53.0. The van der Waals surface area contributed by atoms with Gasteiger partial charge in [-0.3, -0.25) is 19.3 Å². The number of hydrogen-bond acceptors (Lipinski definition) is 7. The van der Waals surface area contributed by atoms with Gasteiger partial charge in [-0.25, -0.2) is 4.79 Å². The molecule has 2 heterocycles. The van der Waals surface area contributed by atoms with Crippen molar-refractivity contribution in [1.29, 1.82) is 0 Å². The smallest absolute Gasteiger partial charge is 0.345 e. The lowest BCUT2D eigenvalue weighted by Crippen LogP contribution is -2.40. The molecule has 2 aliphatic rings. The van der Waals surface area contributed by atoms with Crippen molar-refractivity contribution >= 4 is 52.5 Å². The van der Waals surface area contributed by atoms with E-state index in [4.69, 9.17) is 21.1 Å². The summed E-state index contributed by atoms with van der Waals surface area (Å²) < 4.78 is 10.8. The van der Waals surface area contributed by atoms with E-state index in [0.29, 0.717) is 24.4 Å². The lowest BCUT2D eigenvalue weighted by Gasteiger charge is -2.18. The molecule has 34 heavy (non-hydrogen) atoms. The molecule has 0 spiro atoms. The number of esters is 1. The number of imide groups is 1. The van der Waals surface area contributed by atoms with E-state index >= 15 is 0 Å². The van der Waals surface area contributed by atoms with E-state index in [9.17, 15) is 19.2 Å². The van der Waals surface area contributed by atoms with Crippen LogP contribution >= 0.6 is 23.4 Å². The summed E-state index contributed by atoms with van der Waals surface area (Å²) in [5.74, 6) is -1.000. The monoisotopic (exact) mass is 500 g/mol. The third-order valence-electron chi connectivity index (χ3n) is 5.41. The number of ether oxygens (including phenoxy) is 2. The van der Waals surface area contributed by atoms with Crippen molar-refractivity contribution < 1.29 is 28.7 Å². The molecule has 3 amide bonds. The largest absolute Gasteiger partial charge is 0.493 e. The van der Waals surface area contributed by atoms with Gasteiger partial charge < -0.3 is 14.4 Å². The van der Waals surface area contributed by atoms with Crippen LogP contribution in [0.4, 0.5) is 4.79 Å². The number of likely N-dealkylation sites (tertiary alicyclic amines) is 1. The van der Waals surface area contributed by atoms with Gasteiger partial charge in [0.1, 0.15) is 6.54 Å².